The number of carbonyl (C=O) groups is 2. The van der Waals surface area contributed by atoms with Crippen LogP contribution in [0.15, 0.2) is 24.3 Å². The molecule has 0 aromatic heterocycles. The molecule has 268 valence electrons. The molecule has 0 aromatic carbocycles. The summed E-state index contributed by atoms with van der Waals surface area (Å²) < 4.78 is 32.7. The normalized spacial score (nSPS) is 25.5. The van der Waals surface area contributed by atoms with Crippen molar-refractivity contribution in [2.24, 2.45) is 0 Å². The molecule has 46 heavy (non-hydrogen) atoms. The van der Waals surface area contributed by atoms with Gasteiger partial charge in [0.2, 0.25) is 0 Å². The van der Waals surface area contributed by atoms with Crippen molar-refractivity contribution in [3.63, 3.8) is 0 Å². The minimum Gasteiger partial charge on any atom is -0.462 e. The van der Waals surface area contributed by atoms with E-state index in [4.69, 9.17) is 18.5 Å². The highest BCUT2D eigenvalue weighted by atomic mass is 31.2. The lowest BCUT2D eigenvalue weighted by atomic mass is 9.85. The van der Waals surface area contributed by atoms with E-state index in [1.54, 1.807) is 0 Å². The largest absolute Gasteiger partial charge is 0.472 e. The molecular weight excluding hydrogens is 623 g/mol. The van der Waals surface area contributed by atoms with Crippen LogP contribution in [0.2, 0.25) is 0 Å². The number of ether oxygens (including phenoxy) is 2. The van der Waals surface area contributed by atoms with E-state index in [0.29, 0.717) is 12.8 Å². The predicted molar refractivity (Wildman–Crippen MR) is 170 cm³/mol. The minimum absolute atomic E-state index is 0.0800. The first-order valence-corrected chi connectivity index (χ1v) is 18.1. The summed E-state index contributed by atoms with van der Waals surface area (Å²) in [6.07, 6.45) is 8.43. The molecule has 0 saturated heterocycles. The van der Waals surface area contributed by atoms with Crippen molar-refractivity contribution in [1.29, 1.82) is 0 Å². The Morgan fingerprint density at radius 2 is 1.20 bits per heavy atom. The number of phosphoric ester groups is 1. The molecule has 1 aliphatic carbocycles. The summed E-state index contributed by atoms with van der Waals surface area (Å²) >= 11 is 0. The van der Waals surface area contributed by atoms with Gasteiger partial charge in [0.1, 0.15) is 43.2 Å². The van der Waals surface area contributed by atoms with Gasteiger partial charge in [-0.2, -0.15) is 0 Å². The highest BCUT2D eigenvalue weighted by Gasteiger charge is 2.51. The SMILES string of the molecule is CCCCC/C=C\C/C=C\CCCCCCCC(=O)OC(COC(=O)CCCC)COP(=O)(O)OC1C(O)C(O)C(O)C(O)C1O. The van der Waals surface area contributed by atoms with Gasteiger partial charge < -0.3 is 39.9 Å². The molecule has 14 heteroatoms. The standard InChI is InChI=1S/C32H57O13P/c1-3-5-7-8-9-10-11-12-13-14-15-16-17-18-19-21-26(34)44-24(22-42-25(33)20-6-4-2)23-43-46(40,41)45-32-30(38)28(36)27(35)29(37)31(32)39/h9-10,12-13,24,27-32,35-39H,3-8,11,14-23H2,1-2H3,(H,40,41)/b10-9-,13-12-. The van der Waals surface area contributed by atoms with E-state index < -0.39 is 75.7 Å². The zero-order valence-corrected chi connectivity index (χ0v) is 28.3. The van der Waals surface area contributed by atoms with Crippen molar-refractivity contribution >= 4 is 19.8 Å². The number of carbonyl (C=O) groups excluding carboxylic acids is 2. The topological polar surface area (TPSA) is 210 Å². The monoisotopic (exact) mass is 680 g/mol. The molecule has 0 heterocycles. The highest BCUT2D eigenvalue weighted by Crippen LogP contribution is 2.47. The van der Waals surface area contributed by atoms with E-state index in [1.165, 1.54) is 19.3 Å². The summed E-state index contributed by atoms with van der Waals surface area (Å²) in [7, 11) is -5.09. The Labute approximate surface area is 273 Å². The van der Waals surface area contributed by atoms with Gasteiger partial charge in [0.15, 0.2) is 6.10 Å². The van der Waals surface area contributed by atoms with Crippen LogP contribution in [-0.2, 0) is 32.7 Å². The van der Waals surface area contributed by atoms with Gasteiger partial charge in [-0.15, -0.1) is 0 Å². The van der Waals surface area contributed by atoms with E-state index in [0.717, 1.165) is 51.4 Å². The maximum absolute atomic E-state index is 12.6. The quantitative estimate of drug-likeness (QED) is 0.0352. The van der Waals surface area contributed by atoms with Crippen LogP contribution in [0.25, 0.3) is 0 Å². The fraction of sp³-hybridized carbons (Fsp3) is 0.812. The summed E-state index contributed by atoms with van der Waals surface area (Å²) in [5.41, 5.74) is 0. The second-order valence-electron chi connectivity index (χ2n) is 11.7. The van der Waals surface area contributed by atoms with Crippen molar-refractivity contribution in [1.82, 2.24) is 0 Å². The van der Waals surface area contributed by atoms with E-state index >= 15 is 0 Å². The van der Waals surface area contributed by atoms with Gasteiger partial charge >= 0.3 is 19.8 Å². The van der Waals surface area contributed by atoms with Gasteiger partial charge in [0.25, 0.3) is 0 Å². The summed E-state index contributed by atoms with van der Waals surface area (Å²) in [5, 5.41) is 49.5. The van der Waals surface area contributed by atoms with Crippen LogP contribution in [0.1, 0.15) is 110 Å². The molecule has 1 aliphatic rings. The molecule has 6 atom stereocenters. The molecule has 0 bridgehead atoms. The number of rotatable bonds is 25. The zero-order valence-electron chi connectivity index (χ0n) is 27.4. The van der Waals surface area contributed by atoms with Crippen LogP contribution in [0.5, 0.6) is 0 Å². The lowest BCUT2D eigenvalue weighted by Crippen LogP contribution is -2.64. The van der Waals surface area contributed by atoms with E-state index in [1.807, 2.05) is 6.92 Å². The van der Waals surface area contributed by atoms with Crippen molar-refractivity contribution in [3.8, 4) is 0 Å². The Morgan fingerprint density at radius 3 is 1.80 bits per heavy atom. The van der Waals surface area contributed by atoms with Gasteiger partial charge in [-0.25, -0.2) is 4.57 Å². The number of hydrogen-bond acceptors (Lipinski definition) is 12. The van der Waals surface area contributed by atoms with Crippen molar-refractivity contribution in [2.45, 2.75) is 153 Å². The Bertz CT molecular complexity index is 927. The third-order valence-corrected chi connectivity index (χ3v) is 8.53. The van der Waals surface area contributed by atoms with E-state index in [2.05, 4.69) is 31.2 Å². The van der Waals surface area contributed by atoms with Gasteiger partial charge in [-0.1, -0.05) is 76.7 Å². The average Bonchev–Trinajstić information content (AvgIpc) is 3.03. The molecule has 1 saturated carbocycles. The van der Waals surface area contributed by atoms with Crippen LogP contribution in [-0.4, -0.2) is 98.3 Å². The second-order valence-corrected chi connectivity index (χ2v) is 13.1. The van der Waals surface area contributed by atoms with Gasteiger partial charge in [0.05, 0.1) is 6.61 Å². The van der Waals surface area contributed by atoms with E-state index in [-0.39, 0.29) is 12.8 Å². The van der Waals surface area contributed by atoms with Crippen LogP contribution in [0, 0.1) is 0 Å². The molecule has 0 aromatic rings. The molecule has 0 amide bonds. The number of phosphoric acid groups is 1. The molecule has 6 N–H and O–H groups in total. The molecule has 1 fully saturated rings. The number of aliphatic hydroxyl groups excluding tert-OH is 5. The number of aliphatic hydroxyl groups is 5. The van der Waals surface area contributed by atoms with Crippen molar-refractivity contribution in [3.05, 3.63) is 24.3 Å². The first kappa shape index (κ1) is 42.4. The maximum Gasteiger partial charge on any atom is 0.472 e. The Morgan fingerprint density at radius 1 is 0.674 bits per heavy atom. The van der Waals surface area contributed by atoms with Crippen molar-refractivity contribution < 1.29 is 63.1 Å². The average molecular weight is 681 g/mol. The lowest BCUT2D eigenvalue weighted by molar-refractivity contribution is -0.220. The number of esters is 2. The second kappa shape index (κ2) is 24.5. The molecule has 1 rings (SSSR count). The van der Waals surface area contributed by atoms with Crippen molar-refractivity contribution in [2.75, 3.05) is 13.2 Å². The first-order valence-electron chi connectivity index (χ1n) is 16.6. The minimum atomic E-state index is -5.09. The molecule has 0 radical (unpaired) electrons. The molecule has 0 aliphatic heterocycles. The van der Waals surface area contributed by atoms with Crippen LogP contribution in [0.3, 0.4) is 0 Å². The predicted octanol–water partition coefficient (Wildman–Crippen LogP) is 3.77. The Hall–Kier alpha value is -1.67. The highest BCUT2D eigenvalue weighted by molar-refractivity contribution is 7.47. The smallest absolute Gasteiger partial charge is 0.462 e. The maximum atomic E-state index is 12.6. The summed E-state index contributed by atoms with van der Waals surface area (Å²) in [5.74, 6) is -1.16. The van der Waals surface area contributed by atoms with Crippen LogP contribution >= 0.6 is 7.82 Å². The third kappa shape index (κ3) is 18.0. The van der Waals surface area contributed by atoms with E-state index in [9.17, 15) is 44.6 Å². The molecule has 6 unspecified atom stereocenters. The third-order valence-electron chi connectivity index (χ3n) is 7.55. The molecule has 13 nitrogen and oxygen atoms in total. The fourth-order valence-corrected chi connectivity index (χ4v) is 5.68. The number of unbranched alkanes of at least 4 members (excludes halogenated alkanes) is 9. The summed E-state index contributed by atoms with van der Waals surface area (Å²) in [6.45, 7) is 2.91. The van der Waals surface area contributed by atoms with Crippen LogP contribution < -0.4 is 0 Å². The Kier molecular flexibility index (Phi) is 22.5. The summed E-state index contributed by atoms with van der Waals surface area (Å²) in [4.78, 5) is 34.7. The Balaban J connectivity index is 2.48. The van der Waals surface area contributed by atoms with Gasteiger partial charge in [-0.3, -0.25) is 18.6 Å². The van der Waals surface area contributed by atoms with Gasteiger partial charge in [-0.05, 0) is 44.9 Å². The summed E-state index contributed by atoms with van der Waals surface area (Å²) in [6, 6.07) is 0. The zero-order chi connectivity index (χ0) is 34.4. The molecule has 0 spiro atoms. The number of allylic oxidation sites excluding steroid dienone is 4. The number of hydrogen-bond donors (Lipinski definition) is 6. The molecular formula is C32H57O13P. The lowest BCUT2D eigenvalue weighted by Gasteiger charge is -2.41. The van der Waals surface area contributed by atoms with Crippen LogP contribution in [0.4, 0.5) is 0 Å². The fourth-order valence-electron chi connectivity index (χ4n) is 4.70. The van der Waals surface area contributed by atoms with Gasteiger partial charge in [0, 0.05) is 12.8 Å². The first-order chi connectivity index (χ1) is 21.9.